The van der Waals surface area contributed by atoms with Gasteiger partial charge in [-0.05, 0) is 35.7 Å². The summed E-state index contributed by atoms with van der Waals surface area (Å²) in [5.41, 5.74) is 9.21. The Bertz CT molecular complexity index is 615. The molecule has 2 aromatic rings. The average Bonchev–Trinajstić information content (AvgIpc) is 2.71. The summed E-state index contributed by atoms with van der Waals surface area (Å²) < 4.78 is 13.0. The summed E-state index contributed by atoms with van der Waals surface area (Å²) in [7, 11) is 0. The minimum Gasteiger partial charge on any atom is -0.377 e. The maximum Gasteiger partial charge on any atom is 0.124 e. The van der Waals surface area contributed by atoms with Crippen molar-refractivity contribution in [2.45, 2.75) is 18.5 Å². The van der Waals surface area contributed by atoms with Crippen LogP contribution < -0.4 is 11.1 Å². The lowest BCUT2D eigenvalue weighted by Gasteiger charge is -2.16. The number of nitrogens with one attached hydrogen (secondary N) is 1. The van der Waals surface area contributed by atoms with E-state index in [-0.39, 0.29) is 17.9 Å². The predicted molar refractivity (Wildman–Crippen MR) is 75.8 cm³/mol. The molecule has 98 valence electrons. The molecule has 0 heterocycles. The smallest absolute Gasteiger partial charge is 0.124 e. The van der Waals surface area contributed by atoms with Gasteiger partial charge in [0, 0.05) is 6.04 Å². The van der Waals surface area contributed by atoms with Crippen molar-refractivity contribution < 1.29 is 4.39 Å². The van der Waals surface area contributed by atoms with Crippen molar-refractivity contribution in [3.63, 3.8) is 0 Å². The molecule has 0 fully saturated rings. The second kappa shape index (κ2) is 4.83. The highest BCUT2D eigenvalue weighted by atomic mass is 35.5. The van der Waals surface area contributed by atoms with Crippen LogP contribution in [0.3, 0.4) is 0 Å². The van der Waals surface area contributed by atoms with Crippen molar-refractivity contribution in [1.82, 2.24) is 0 Å². The summed E-state index contributed by atoms with van der Waals surface area (Å²) in [6, 6.07) is 12.6. The van der Waals surface area contributed by atoms with E-state index >= 15 is 0 Å². The zero-order valence-electron chi connectivity index (χ0n) is 10.2. The number of hydrogen-bond donors (Lipinski definition) is 2. The van der Waals surface area contributed by atoms with Gasteiger partial charge in [0.1, 0.15) is 5.82 Å². The van der Waals surface area contributed by atoms with Crippen molar-refractivity contribution in [2.24, 2.45) is 5.73 Å². The average molecular weight is 277 g/mol. The van der Waals surface area contributed by atoms with E-state index in [1.54, 1.807) is 6.07 Å². The van der Waals surface area contributed by atoms with E-state index in [2.05, 4.69) is 11.4 Å². The Morgan fingerprint density at radius 2 is 1.89 bits per heavy atom. The van der Waals surface area contributed by atoms with Gasteiger partial charge in [-0.3, -0.25) is 0 Å². The lowest BCUT2D eigenvalue weighted by Crippen LogP contribution is -2.10. The van der Waals surface area contributed by atoms with Gasteiger partial charge < -0.3 is 11.1 Å². The molecule has 0 amide bonds. The molecular formula is C15H14ClFN2. The second-order valence-electron chi connectivity index (χ2n) is 4.79. The molecule has 2 nitrogen and oxygen atoms in total. The lowest BCUT2D eigenvalue weighted by atomic mass is 10.1. The molecule has 2 atom stereocenters. The topological polar surface area (TPSA) is 38.0 Å². The van der Waals surface area contributed by atoms with Crippen molar-refractivity contribution in [3.05, 3.63) is 64.4 Å². The first-order valence-corrected chi connectivity index (χ1v) is 6.59. The highest BCUT2D eigenvalue weighted by Crippen LogP contribution is 2.40. The third kappa shape index (κ3) is 2.31. The zero-order valence-corrected chi connectivity index (χ0v) is 11.0. The maximum atomic E-state index is 13.0. The van der Waals surface area contributed by atoms with Gasteiger partial charge >= 0.3 is 0 Å². The van der Waals surface area contributed by atoms with Gasteiger partial charge in [0.15, 0.2) is 0 Å². The van der Waals surface area contributed by atoms with Crippen LogP contribution in [0, 0.1) is 5.82 Å². The van der Waals surface area contributed by atoms with Crippen LogP contribution in [-0.2, 0) is 0 Å². The van der Waals surface area contributed by atoms with E-state index in [0.29, 0.717) is 5.02 Å². The molecule has 3 N–H and O–H groups in total. The predicted octanol–water partition coefficient (Wildman–Crippen LogP) is 4.04. The summed E-state index contributed by atoms with van der Waals surface area (Å²) in [4.78, 5) is 0. The largest absolute Gasteiger partial charge is 0.377 e. The minimum absolute atomic E-state index is 0.0351. The van der Waals surface area contributed by atoms with Gasteiger partial charge in [-0.1, -0.05) is 35.9 Å². The molecule has 19 heavy (non-hydrogen) atoms. The van der Waals surface area contributed by atoms with Gasteiger partial charge in [0.05, 0.1) is 16.8 Å². The van der Waals surface area contributed by atoms with Crippen LogP contribution in [0.1, 0.15) is 29.6 Å². The molecule has 0 aliphatic heterocycles. The van der Waals surface area contributed by atoms with Gasteiger partial charge in [-0.15, -0.1) is 0 Å². The number of hydrogen-bond acceptors (Lipinski definition) is 2. The Kier molecular flexibility index (Phi) is 3.17. The molecule has 1 aliphatic rings. The van der Waals surface area contributed by atoms with E-state index in [0.717, 1.165) is 12.1 Å². The highest BCUT2D eigenvalue weighted by molar-refractivity contribution is 6.33. The zero-order chi connectivity index (χ0) is 13.4. The van der Waals surface area contributed by atoms with Crippen LogP contribution in [0.15, 0.2) is 42.5 Å². The van der Waals surface area contributed by atoms with E-state index in [9.17, 15) is 4.39 Å². The summed E-state index contributed by atoms with van der Waals surface area (Å²) in [5, 5.41) is 3.73. The summed E-state index contributed by atoms with van der Waals surface area (Å²) in [6.45, 7) is 0. The van der Waals surface area contributed by atoms with Crippen LogP contribution in [0.25, 0.3) is 0 Å². The Morgan fingerprint density at radius 1 is 1.16 bits per heavy atom. The number of rotatable bonds is 2. The molecule has 2 unspecified atom stereocenters. The number of anilines is 1. The summed E-state index contributed by atoms with van der Waals surface area (Å²) >= 11 is 6.04. The third-order valence-corrected chi connectivity index (χ3v) is 3.83. The molecule has 3 rings (SSSR count). The first-order chi connectivity index (χ1) is 9.15. The second-order valence-corrected chi connectivity index (χ2v) is 5.20. The molecule has 0 spiro atoms. The van der Waals surface area contributed by atoms with Gasteiger partial charge in [0.25, 0.3) is 0 Å². The molecule has 0 aromatic heterocycles. The fourth-order valence-electron chi connectivity index (χ4n) is 2.60. The van der Waals surface area contributed by atoms with Crippen LogP contribution in [0.4, 0.5) is 10.1 Å². The van der Waals surface area contributed by atoms with Crippen LogP contribution in [0.2, 0.25) is 5.02 Å². The summed E-state index contributed by atoms with van der Waals surface area (Å²) in [5.74, 6) is -0.334. The Labute approximate surface area is 116 Å². The Balaban J connectivity index is 1.89. The lowest BCUT2D eigenvalue weighted by molar-refractivity contribution is 0.627. The van der Waals surface area contributed by atoms with Crippen molar-refractivity contribution >= 4 is 17.3 Å². The molecule has 0 bridgehead atoms. The maximum absolute atomic E-state index is 13.0. The van der Waals surface area contributed by atoms with Gasteiger partial charge in [-0.25, -0.2) is 4.39 Å². The summed E-state index contributed by atoms with van der Waals surface area (Å²) in [6.07, 6.45) is 0.813. The van der Waals surface area contributed by atoms with E-state index in [1.807, 2.05) is 18.2 Å². The fraction of sp³-hybridized carbons (Fsp3) is 0.200. The van der Waals surface area contributed by atoms with Crippen molar-refractivity contribution in [3.8, 4) is 0 Å². The van der Waals surface area contributed by atoms with E-state index in [4.69, 9.17) is 17.3 Å². The van der Waals surface area contributed by atoms with Crippen LogP contribution in [0.5, 0.6) is 0 Å². The Morgan fingerprint density at radius 3 is 2.63 bits per heavy atom. The molecule has 0 radical (unpaired) electrons. The molecule has 2 aromatic carbocycles. The molecule has 1 aliphatic carbocycles. The Hall–Kier alpha value is -1.58. The third-order valence-electron chi connectivity index (χ3n) is 3.52. The first-order valence-electron chi connectivity index (χ1n) is 6.21. The molecule has 0 saturated heterocycles. The SMILES string of the molecule is NC1CC(Nc2ccc(F)cc2Cl)c2ccccc21. The standard InChI is InChI=1S/C15H14ClFN2/c16-12-7-9(17)5-6-14(12)19-15-8-13(18)10-3-1-2-4-11(10)15/h1-7,13,15,19H,8,18H2. The van der Waals surface area contributed by atoms with E-state index < -0.39 is 0 Å². The monoisotopic (exact) mass is 276 g/mol. The normalized spacial score (nSPS) is 21.2. The number of fused-ring (bicyclic) bond motifs is 1. The number of nitrogens with two attached hydrogens (primary N) is 1. The molecule has 4 heteroatoms. The van der Waals surface area contributed by atoms with Gasteiger partial charge in [0.2, 0.25) is 0 Å². The molecule has 0 saturated carbocycles. The number of halogens is 2. The quantitative estimate of drug-likeness (QED) is 0.869. The van der Waals surface area contributed by atoms with E-state index in [1.165, 1.54) is 23.3 Å². The van der Waals surface area contributed by atoms with Gasteiger partial charge in [-0.2, -0.15) is 0 Å². The highest BCUT2D eigenvalue weighted by Gasteiger charge is 2.28. The minimum atomic E-state index is -0.334. The van der Waals surface area contributed by atoms with Crippen molar-refractivity contribution in [2.75, 3.05) is 5.32 Å². The fourth-order valence-corrected chi connectivity index (χ4v) is 2.83. The van der Waals surface area contributed by atoms with Crippen LogP contribution >= 0.6 is 11.6 Å². The van der Waals surface area contributed by atoms with Crippen molar-refractivity contribution in [1.29, 1.82) is 0 Å². The number of benzene rings is 2. The molecular weight excluding hydrogens is 263 g/mol. The first kappa shape index (κ1) is 12.5. The van der Waals surface area contributed by atoms with Crippen LogP contribution in [-0.4, -0.2) is 0 Å².